The molecule has 124 valence electrons. The van der Waals surface area contributed by atoms with Gasteiger partial charge in [0.15, 0.2) is 5.58 Å². The van der Waals surface area contributed by atoms with Crippen molar-refractivity contribution in [3.63, 3.8) is 0 Å². The topological polar surface area (TPSA) is 64.4 Å². The highest BCUT2D eigenvalue weighted by Crippen LogP contribution is 2.22. The summed E-state index contributed by atoms with van der Waals surface area (Å²) in [5.74, 6) is 0.934. The number of nitrogens with one attached hydrogen (secondary N) is 1. The maximum Gasteiger partial charge on any atom is 0.257 e. The number of nitrogens with zero attached hydrogens (tertiary/aromatic N) is 1. The van der Waals surface area contributed by atoms with Gasteiger partial charge in [-0.15, -0.1) is 0 Å². The molecule has 5 nitrogen and oxygen atoms in total. The number of amides is 1. The second kappa shape index (κ2) is 8.21. The maximum atomic E-state index is 11.8. The Labute approximate surface area is 151 Å². The van der Waals surface area contributed by atoms with Crippen LogP contribution in [0.2, 0.25) is 0 Å². The van der Waals surface area contributed by atoms with Gasteiger partial charge >= 0.3 is 0 Å². The van der Waals surface area contributed by atoms with Crippen molar-refractivity contribution >= 4 is 44.7 Å². The molecule has 0 bridgehead atoms. The maximum absolute atomic E-state index is 11.8. The standard InChI is InChI=1S/C17H15BrN2O3S/c18-12-4-3-5-13(10-12)22-9-8-19-16(21)11-24-17-20-14-6-1-2-7-15(14)23-17/h1-7,10H,8-9,11H2,(H,19,21). The van der Waals surface area contributed by atoms with Crippen molar-refractivity contribution in [2.45, 2.75) is 5.22 Å². The molecular weight excluding hydrogens is 392 g/mol. The number of aromatic nitrogens is 1. The normalized spacial score (nSPS) is 10.7. The lowest BCUT2D eigenvalue weighted by Gasteiger charge is -2.07. The van der Waals surface area contributed by atoms with Crippen LogP contribution in [0.25, 0.3) is 11.1 Å². The molecule has 24 heavy (non-hydrogen) atoms. The summed E-state index contributed by atoms with van der Waals surface area (Å²) in [5.41, 5.74) is 1.52. The van der Waals surface area contributed by atoms with Gasteiger partial charge in [0.05, 0.1) is 12.3 Å². The highest BCUT2D eigenvalue weighted by molar-refractivity contribution is 9.10. The monoisotopic (exact) mass is 406 g/mol. The van der Waals surface area contributed by atoms with E-state index in [0.717, 1.165) is 21.3 Å². The fraction of sp³-hybridized carbons (Fsp3) is 0.176. The second-order valence-corrected chi connectivity index (χ2v) is 6.73. The number of hydrogen-bond donors (Lipinski definition) is 1. The number of fused-ring (bicyclic) bond motifs is 1. The molecule has 0 aliphatic rings. The molecule has 0 saturated carbocycles. The van der Waals surface area contributed by atoms with Crippen LogP contribution in [-0.4, -0.2) is 29.8 Å². The Morgan fingerprint density at radius 1 is 1.25 bits per heavy atom. The molecule has 0 aliphatic heterocycles. The van der Waals surface area contributed by atoms with E-state index < -0.39 is 0 Å². The minimum atomic E-state index is -0.0832. The number of hydrogen-bond acceptors (Lipinski definition) is 5. The fourth-order valence-corrected chi connectivity index (χ4v) is 3.05. The average molecular weight is 407 g/mol. The first-order chi connectivity index (χ1) is 11.7. The quantitative estimate of drug-likeness (QED) is 0.476. The van der Waals surface area contributed by atoms with E-state index in [9.17, 15) is 4.79 Å². The van der Waals surface area contributed by atoms with Crippen LogP contribution in [0.5, 0.6) is 5.75 Å². The summed E-state index contributed by atoms with van der Waals surface area (Å²) in [5, 5.41) is 3.30. The Morgan fingerprint density at radius 2 is 2.12 bits per heavy atom. The molecule has 0 fully saturated rings. The molecular formula is C17H15BrN2O3S. The van der Waals surface area contributed by atoms with E-state index in [1.54, 1.807) is 0 Å². The summed E-state index contributed by atoms with van der Waals surface area (Å²) in [4.78, 5) is 16.1. The number of thioether (sulfide) groups is 1. The number of benzene rings is 2. The van der Waals surface area contributed by atoms with Crippen molar-refractivity contribution in [3.05, 3.63) is 53.0 Å². The van der Waals surface area contributed by atoms with Gasteiger partial charge in [0.2, 0.25) is 5.91 Å². The van der Waals surface area contributed by atoms with E-state index in [4.69, 9.17) is 9.15 Å². The highest BCUT2D eigenvalue weighted by Gasteiger charge is 2.08. The van der Waals surface area contributed by atoms with Gasteiger partial charge in [0.1, 0.15) is 17.9 Å². The number of carbonyl (C=O) groups excluding carboxylic acids is 1. The number of oxazole rings is 1. The molecule has 1 aromatic heterocycles. The predicted octanol–water partition coefficient (Wildman–Crippen LogP) is 3.88. The number of para-hydroxylation sites is 2. The summed E-state index contributed by atoms with van der Waals surface area (Å²) in [6, 6.07) is 15.1. The van der Waals surface area contributed by atoms with Gasteiger partial charge in [0.25, 0.3) is 5.22 Å². The molecule has 7 heteroatoms. The molecule has 3 aromatic rings. The summed E-state index contributed by atoms with van der Waals surface area (Å²) in [6.45, 7) is 0.856. The van der Waals surface area contributed by atoms with Gasteiger partial charge in [-0.2, -0.15) is 0 Å². The first-order valence-electron chi connectivity index (χ1n) is 7.34. The summed E-state index contributed by atoms with van der Waals surface area (Å²) in [6.07, 6.45) is 0. The third-order valence-electron chi connectivity index (χ3n) is 3.09. The van der Waals surface area contributed by atoms with E-state index in [0.29, 0.717) is 18.4 Å². The molecule has 0 radical (unpaired) electrons. The van der Waals surface area contributed by atoms with Crippen molar-refractivity contribution in [1.82, 2.24) is 10.3 Å². The molecule has 1 amide bonds. The van der Waals surface area contributed by atoms with E-state index in [-0.39, 0.29) is 11.7 Å². The lowest BCUT2D eigenvalue weighted by atomic mass is 10.3. The predicted molar refractivity (Wildman–Crippen MR) is 97.4 cm³/mol. The van der Waals surface area contributed by atoms with Gasteiger partial charge in [-0.3, -0.25) is 4.79 Å². The van der Waals surface area contributed by atoms with Crippen LogP contribution < -0.4 is 10.1 Å². The lowest BCUT2D eigenvalue weighted by Crippen LogP contribution is -2.29. The summed E-state index contributed by atoms with van der Waals surface area (Å²) >= 11 is 4.66. The molecule has 0 aliphatic carbocycles. The Balaban J connectivity index is 1.38. The molecule has 0 unspecified atom stereocenters. The van der Waals surface area contributed by atoms with Crippen LogP contribution in [-0.2, 0) is 4.79 Å². The number of rotatable bonds is 7. The molecule has 0 atom stereocenters. The zero-order valence-corrected chi connectivity index (χ0v) is 15.1. The third kappa shape index (κ3) is 4.75. The van der Waals surface area contributed by atoms with Crippen molar-refractivity contribution in [3.8, 4) is 5.75 Å². The SMILES string of the molecule is O=C(CSc1nc2ccccc2o1)NCCOc1cccc(Br)c1. The summed E-state index contributed by atoms with van der Waals surface area (Å²) < 4.78 is 12.1. The van der Waals surface area contributed by atoms with Crippen molar-refractivity contribution < 1.29 is 13.9 Å². The van der Waals surface area contributed by atoms with Crippen LogP contribution in [0.15, 0.2) is 62.6 Å². The minimum Gasteiger partial charge on any atom is -0.492 e. The molecule has 2 aromatic carbocycles. The van der Waals surface area contributed by atoms with Gasteiger partial charge in [0, 0.05) is 4.47 Å². The zero-order valence-electron chi connectivity index (χ0n) is 12.7. The Kier molecular flexibility index (Phi) is 5.77. The number of ether oxygens (including phenoxy) is 1. The van der Waals surface area contributed by atoms with Crippen molar-refractivity contribution in [2.75, 3.05) is 18.9 Å². The van der Waals surface area contributed by atoms with E-state index in [2.05, 4.69) is 26.2 Å². The molecule has 0 spiro atoms. The lowest BCUT2D eigenvalue weighted by molar-refractivity contribution is -0.118. The highest BCUT2D eigenvalue weighted by atomic mass is 79.9. The van der Waals surface area contributed by atoms with Crippen LogP contribution in [0.4, 0.5) is 0 Å². The van der Waals surface area contributed by atoms with Crippen LogP contribution in [0.3, 0.4) is 0 Å². The van der Waals surface area contributed by atoms with Gasteiger partial charge in [-0.1, -0.05) is 45.9 Å². The minimum absolute atomic E-state index is 0.0832. The second-order valence-electron chi connectivity index (χ2n) is 4.89. The van der Waals surface area contributed by atoms with E-state index >= 15 is 0 Å². The largest absolute Gasteiger partial charge is 0.492 e. The van der Waals surface area contributed by atoms with Gasteiger partial charge < -0.3 is 14.5 Å². The van der Waals surface area contributed by atoms with Crippen molar-refractivity contribution in [2.24, 2.45) is 0 Å². The Morgan fingerprint density at radius 3 is 2.96 bits per heavy atom. The molecule has 1 heterocycles. The van der Waals surface area contributed by atoms with Gasteiger partial charge in [-0.05, 0) is 30.3 Å². The Bertz CT molecular complexity index is 804. The molecule has 3 rings (SSSR count). The summed E-state index contributed by atoms with van der Waals surface area (Å²) in [7, 11) is 0. The fourth-order valence-electron chi connectivity index (χ4n) is 2.01. The van der Waals surface area contributed by atoms with Crippen molar-refractivity contribution in [1.29, 1.82) is 0 Å². The zero-order chi connectivity index (χ0) is 16.8. The average Bonchev–Trinajstić information content (AvgIpc) is 3.00. The van der Waals surface area contributed by atoms with Crippen LogP contribution in [0.1, 0.15) is 0 Å². The smallest absolute Gasteiger partial charge is 0.257 e. The molecule has 0 saturated heterocycles. The Hall–Kier alpha value is -1.99. The van der Waals surface area contributed by atoms with E-state index in [1.807, 2.05) is 48.5 Å². The van der Waals surface area contributed by atoms with Gasteiger partial charge in [-0.25, -0.2) is 4.98 Å². The van der Waals surface area contributed by atoms with E-state index in [1.165, 1.54) is 11.8 Å². The number of halogens is 1. The third-order valence-corrected chi connectivity index (χ3v) is 4.41. The first kappa shape index (κ1) is 16.9. The molecule has 1 N–H and O–H groups in total. The first-order valence-corrected chi connectivity index (χ1v) is 9.12. The van der Waals surface area contributed by atoms with Crippen LogP contribution in [0, 0.1) is 0 Å². The van der Waals surface area contributed by atoms with Crippen LogP contribution >= 0.6 is 27.7 Å². The number of carbonyl (C=O) groups is 1.